The Bertz CT molecular complexity index is 410. The minimum Gasteiger partial charge on any atom is -0.240 e. The summed E-state index contributed by atoms with van der Waals surface area (Å²) in [7, 11) is 0. The highest BCUT2D eigenvalue weighted by Crippen LogP contribution is 2.31. The van der Waals surface area contributed by atoms with Gasteiger partial charge in [-0.05, 0) is 22.0 Å². The minimum absolute atomic E-state index is 0.488. The zero-order valence-corrected chi connectivity index (χ0v) is 10.4. The van der Waals surface area contributed by atoms with Gasteiger partial charge in [0.05, 0.1) is 15.4 Å². The molecule has 0 saturated heterocycles. The van der Waals surface area contributed by atoms with Gasteiger partial charge in [-0.1, -0.05) is 0 Å². The van der Waals surface area contributed by atoms with Crippen LogP contribution in [0.25, 0.3) is 10.6 Å². The summed E-state index contributed by atoms with van der Waals surface area (Å²) in [6, 6.07) is 2.07. The highest BCUT2D eigenvalue weighted by Gasteiger charge is 2.05. The van der Waals surface area contributed by atoms with E-state index in [1.165, 1.54) is 5.56 Å². The summed E-state index contributed by atoms with van der Waals surface area (Å²) in [5, 5.41) is 5.12. The van der Waals surface area contributed by atoms with Crippen molar-refractivity contribution in [3.05, 3.63) is 26.3 Å². The minimum atomic E-state index is 0.488. The summed E-state index contributed by atoms with van der Waals surface area (Å²) in [5.74, 6) is 0.488. The van der Waals surface area contributed by atoms with Crippen LogP contribution in [0.4, 0.5) is 0 Å². The molecule has 0 atom stereocenters. The molecule has 0 fully saturated rings. The molecule has 0 unspecified atom stereocenters. The van der Waals surface area contributed by atoms with Gasteiger partial charge >= 0.3 is 0 Å². The van der Waals surface area contributed by atoms with Gasteiger partial charge in [0.15, 0.2) is 0 Å². The van der Waals surface area contributed by atoms with Gasteiger partial charge in [0.25, 0.3) is 0 Å². The number of thiophene rings is 1. The Labute approximate surface area is 97.5 Å². The molecule has 0 aliphatic rings. The van der Waals surface area contributed by atoms with Crippen molar-refractivity contribution >= 4 is 50.2 Å². The zero-order valence-electron chi connectivity index (χ0n) is 6.46. The third kappa shape index (κ3) is 2.13. The fourth-order valence-electron chi connectivity index (χ4n) is 0.923. The SMILES string of the molecule is ClCc1csc(-c2csc(Br)c2)n1. The van der Waals surface area contributed by atoms with E-state index in [1.807, 2.05) is 5.38 Å². The van der Waals surface area contributed by atoms with Crippen molar-refractivity contribution in [2.24, 2.45) is 0 Å². The molecule has 2 heterocycles. The molecule has 0 amide bonds. The Hall–Kier alpha value is 0.1000. The summed E-state index contributed by atoms with van der Waals surface area (Å²) < 4.78 is 1.13. The van der Waals surface area contributed by atoms with Gasteiger partial charge < -0.3 is 0 Å². The summed E-state index contributed by atoms with van der Waals surface area (Å²) in [6.07, 6.45) is 0. The van der Waals surface area contributed by atoms with E-state index in [9.17, 15) is 0 Å². The first kappa shape index (κ1) is 9.65. The van der Waals surface area contributed by atoms with Crippen LogP contribution in [-0.4, -0.2) is 4.98 Å². The van der Waals surface area contributed by atoms with Gasteiger partial charge in [0.1, 0.15) is 5.01 Å². The number of thiazole rings is 1. The molecule has 5 heteroatoms. The number of hydrogen-bond acceptors (Lipinski definition) is 3. The molecule has 2 aromatic heterocycles. The van der Waals surface area contributed by atoms with Gasteiger partial charge in [-0.3, -0.25) is 0 Å². The molecule has 68 valence electrons. The van der Waals surface area contributed by atoms with Crippen LogP contribution in [0.5, 0.6) is 0 Å². The van der Waals surface area contributed by atoms with Crippen LogP contribution in [0, 0.1) is 0 Å². The van der Waals surface area contributed by atoms with Crippen LogP contribution in [0.2, 0.25) is 0 Å². The summed E-state index contributed by atoms with van der Waals surface area (Å²) in [4.78, 5) is 4.38. The van der Waals surface area contributed by atoms with Crippen molar-refractivity contribution < 1.29 is 0 Å². The number of hydrogen-bond donors (Lipinski definition) is 0. The number of alkyl halides is 1. The molecule has 1 nitrogen and oxygen atoms in total. The van der Waals surface area contributed by atoms with E-state index in [0.717, 1.165) is 14.5 Å². The first-order valence-corrected chi connectivity index (χ1v) is 6.63. The Morgan fingerprint density at radius 3 is 2.77 bits per heavy atom. The highest BCUT2D eigenvalue weighted by molar-refractivity contribution is 9.11. The van der Waals surface area contributed by atoms with E-state index >= 15 is 0 Å². The van der Waals surface area contributed by atoms with Crippen LogP contribution < -0.4 is 0 Å². The molecule has 0 aromatic carbocycles. The highest BCUT2D eigenvalue weighted by atomic mass is 79.9. The lowest BCUT2D eigenvalue weighted by atomic mass is 10.4. The van der Waals surface area contributed by atoms with Crippen LogP contribution >= 0.6 is 50.2 Å². The van der Waals surface area contributed by atoms with Gasteiger partial charge in [0.2, 0.25) is 0 Å². The lowest BCUT2D eigenvalue weighted by Crippen LogP contribution is -1.76. The number of aromatic nitrogens is 1. The predicted octanol–water partition coefficient (Wildman–Crippen LogP) is 4.37. The van der Waals surface area contributed by atoms with Crippen molar-refractivity contribution in [3.63, 3.8) is 0 Å². The summed E-state index contributed by atoms with van der Waals surface area (Å²) in [5.41, 5.74) is 2.11. The molecule has 0 bridgehead atoms. The molecular weight excluding hydrogens is 290 g/mol. The number of rotatable bonds is 2. The maximum atomic E-state index is 5.67. The maximum absolute atomic E-state index is 5.67. The summed E-state index contributed by atoms with van der Waals surface area (Å²) >= 11 is 12.4. The molecule has 2 aromatic rings. The number of halogens is 2. The molecule has 0 N–H and O–H groups in total. The fourth-order valence-corrected chi connectivity index (χ4v) is 3.17. The second-order valence-electron chi connectivity index (χ2n) is 2.42. The Balaban J connectivity index is 2.35. The predicted molar refractivity (Wildman–Crippen MR) is 62.7 cm³/mol. The molecule has 13 heavy (non-hydrogen) atoms. The largest absolute Gasteiger partial charge is 0.240 e. The van der Waals surface area contributed by atoms with Crippen molar-refractivity contribution in [2.45, 2.75) is 5.88 Å². The molecule has 0 spiro atoms. The van der Waals surface area contributed by atoms with Gasteiger partial charge in [-0.15, -0.1) is 34.3 Å². The van der Waals surface area contributed by atoms with Crippen LogP contribution in [0.1, 0.15) is 5.69 Å². The van der Waals surface area contributed by atoms with Crippen LogP contribution in [0.3, 0.4) is 0 Å². The lowest BCUT2D eigenvalue weighted by Gasteiger charge is -1.86. The Morgan fingerprint density at radius 2 is 2.23 bits per heavy atom. The normalized spacial score (nSPS) is 10.6. The van der Waals surface area contributed by atoms with E-state index in [1.54, 1.807) is 22.7 Å². The molecule has 2 rings (SSSR count). The topological polar surface area (TPSA) is 12.9 Å². The average Bonchev–Trinajstić information content (AvgIpc) is 2.71. The molecule has 0 saturated carbocycles. The molecule has 0 radical (unpaired) electrons. The average molecular weight is 295 g/mol. The quantitative estimate of drug-likeness (QED) is 0.749. The smallest absolute Gasteiger partial charge is 0.124 e. The van der Waals surface area contributed by atoms with E-state index in [-0.39, 0.29) is 0 Å². The van der Waals surface area contributed by atoms with Crippen molar-refractivity contribution in [1.82, 2.24) is 4.98 Å². The van der Waals surface area contributed by atoms with E-state index < -0.39 is 0 Å². The van der Waals surface area contributed by atoms with Gasteiger partial charge in [-0.25, -0.2) is 4.98 Å². The van der Waals surface area contributed by atoms with Gasteiger partial charge in [0, 0.05) is 16.3 Å². The van der Waals surface area contributed by atoms with Crippen molar-refractivity contribution in [3.8, 4) is 10.6 Å². The van der Waals surface area contributed by atoms with Gasteiger partial charge in [-0.2, -0.15) is 0 Å². The summed E-state index contributed by atoms with van der Waals surface area (Å²) in [6.45, 7) is 0. The Morgan fingerprint density at radius 1 is 1.38 bits per heavy atom. The third-order valence-corrected chi connectivity index (χ3v) is 4.22. The number of nitrogens with zero attached hydrogens (tertiary/aromatic N) is 1. The molecule has 0 aliphatic heterocycles. The van der Waals surface area contributed by atoms with E-state index in [0.29, 0.717) is 5.88 Å². The standard InChI is InChI=1S/C8H5BrClNS2/c9-7-1-5(3-12-7)8-11-6(2-10)4-13-8/h1,3-4H,2H2. The third-order valence-electron chi connectivity index (χ3n) is 1.50. The van der Waals surface area contributed by atoms with Crippen molar-refractivity contribution in [2.75, 3.05) is 0 Å². The molecule has 0 aliphatic carbocycles. The van der Waals surface area contributed by atoms with E-state index in [4.69, 9.17) is 11.6 Å². The zero-order chi connectivity index (χ0) is 9.26. The fraction of sp³-hybridized carbons (Fsp3) is 0.125. The lowest BCUT2D eigenvalue weighted by molar-refractivity contribution is 1.23. The first-order valence-electron chi connectivity index (χ1n) is 3.54. The Kier molecular flexibility index (Phi) is 3.03. The van der Waals surface area contributed by atoms with E-state index in [2.05, 4.69) is 32.4 Å². The monoisotopic (exact) mass is 293 g/mol. The second-order valence-corrected chi connectivity index (χ2v) is 5.83. The first-order chi connectivity index (χ1) is 6.29. The second kappa shape index (κ2) is 4.09. The van der Waals surface area contributed by atoms with Crippen molar-refractivity contribution in [1.29, 1.82) is 0 Å². The maximum Gasteiger partial charge on any atom is 0.124 e. The van der Waals surface area contributed by atoms with Crippen LogP contribution in [-0.2, 0) is 5.88 Å². The molecular formula is C8H5BrClNS2. The van der Waals surface area contributed by atoms with Crippen LogP contribution in [0.15, 0.2) is 20.6 Å².